The molecule has 7 nitrogen and oxygen atoms in total. The van der Waals surface area contributed by atoms with Gasteiger partial charge in [0.1, 0.15) is 5.75 Å². The van der Waals surface area contributed by atoms with Gasteiger partial charge in [-0.15, -0.1) is 0 Å². The van der Waals surface area contributed by atoms with Crippen molar-refractivity contribution in [2.75, 3.05) is 18.1 Å². The van der Waals surface area contributed by atoms with Gasteiger partial charge in [0.2, 0.25) is 10.0 Å². The molecular formula is C24H23N3O4S. The van der Waals surface area contributed by atoms with Gasteiger partial charge in [-0.25, -0.2) is 8.42 Å². The SMILES string of the molecule is CCc1cc(-c2ccc[nH]c2=O)c2cnc(-c3ccc(NS(C)(=O)=O)cc3)cc2c1OC. The molecule has 2 N–H and O–H groups in total. The minimum absolute atomic E-state index is 0.168. The van der Waals surface area contributed by atoms with E-state index in [-0.39, 0.29) is 5.56 Å². The number of ether oxygens (including phenoxy) is 1. The van der Waals surface area contributed by atoms with E-state index in [2.05, 4.69) is 14.7 Å². The first-order valence-electron chi connectivity index (χ1n) is 10.1. The van der Waals surface area contributed by atoms with Crippen molar-refractivity contribution in [3.05, 3.63) is 76.8 Å². The molecule has 4 aromatic rings. The van der Waals surface area contributed by atoms with E-state index < -0.39 is 10.0 Å². The summed E-state index contributed by atoms with van der Waals surface area (Å²) < 4.78 is 31.1. The van der Waals surface area contributed by atoms with Gasteiger partial charge < -0.3 is 9.72 Å². The highest BCUT2D eigenvalue weighted by Crippen LogP contribution is 2.38. The number of sulfonamides is 1. The fraction of sp³-hybridized carbons (Fsp3) is 0.167. The summed E-state index contributed by atoms with van der Waals surface area (Å²) in [5.41, 5.74) is 4.21. The first-order chi connectivity index (χ1) is 15.3. The Bertz CT molecular complexity index is 1460. The van der Waals surface area contributed by atoms with Crippen LogP contribution in [0.15, 0.2) is 65.7 Å². The Morgan fingerprint density at radius 2 is 1.81 bits per heavy atom. The minimum atomic E-state index is -3.35. The quantitative estimate of drug-likeness (QED) is 0.459. The number of H-pyrrole nitrogens is 1. The van der Waals surface area contributed by atoms with Crippen LogP contribution in [0.4, 0.5) is 5.69 Å². The lowest BCUT2D eigenvalue weighted by molar-refractivity contribution is 0.415. The van der Waals surface area contributed by atoms with Crippen molar-refractivity contribution in [1.82, 2.24) is 9.97 Å². The van der Waals surface area contributed by atoms with Crippen LogP contribution in [-0.2, 0) is 16.4 Å². The zero-order chi connectivity index (χ0) is 22.9. The third-order valence-corrected chi connectivity index (χ3v) is 5.83. The molecular weight excluding hydrogens is 426 g/mol. The molecule has 0 saturated heterocycles. The van der Waals surface area contributed by atoms with Gasteiger partial charge in [-0.3, -0.25) is 14.5 Å². The number of anilines is 1. The van der Waals surface area contributed by atoms with E-state index in [0.29, 0.717) is 16.9 Å². The first-order valence-corrected chi connectivity index (χ1v) is 12.0. The molecule has 32 heavy (non-hydrogen) atoms. The van der Waals surface area contributed by atoms with Gasteiger partial charge in [0, 0.05) is 40.0 Å². The number of hydrogen-bond donors (Lipinski definition) is 2. The molecule has 0 unspecified atom stereocenters. The van der Waals surface area contributed by atoms with Crippen molar-refractivity contribution in [3.63, 3.8) is 0 Å². The second-order valence-electron chi connectivity index (χ2n) is 7.45. The van der Waals surface area contributed by atoms with E-state index in [4.69, 9.17) is 4.74 Å². The van der Waals surface area contributed by atoms with Crippen LogP contribution >= 0.6 is 0 Å². The van der Waals surface area contributed by atoms with Crippen molar-refractivity contribution < 1.29 is 13.2 Å². The number of hydrogen-bond acceptors (Lipinski definition) is 5. The zero-order valence-electron chi connectivity index (χ0n) is 18.0. The first kappa shape index (κ1) is 21.6. The third kappa shape index (κ3) is 4.22. The molecule has 2 aromatic carbocycles. The molecule has 0 saturated carbocycles. The highest BCUT2D eigenvalue weighted by molar-refractivity contribution is 7.92. The Morgan fingerprint density at radius 1 is 1.06 bits per heavy atom. The molecule has 2 heterocycles. The molecule has 0 atom stereocenters. The summed E-state index contributed by atoms with van der Waals surface area (Å²) in [6, 6.07) is 14.5. The molecule has 8 heteroatoms. The summed E-state index contributed by atoms with van der Waals surface area (Å²) in [4.78, 5) is 19.8. The third-order valence-electron chi connectivity index (χ3n) is 5.23. The Hall–Kier alpha value is -3.65. The summed E-state index contributed by atoms with van der Waals surface area (Å²) in [5.74, 6) is 0.748. The lowest BCUT2D eigenvalue weighted by atomic mass is 9.94. The lowest BCUT2D eigenvalue weighted by Gasteiger charge is -2.16. The molecule has 0 bridgehead atoms. The van der Waals surface area contributed by atoms with Crippen molar-refractivity contribution in [2.24, 2.45) is 0 Å². The number of benzene rings is 2. The molecule has 0 aliphatic carbocycles. The van der Waals surface area contributed by atoms with E-state index in [9.17, 15) is 13.2 Å². The normalized spacial score (nSPS) is 11.5. The number of pyridine rings is 2. The second-order valence-corrected chi connectivity index (χ2v) is 9.20. The predicted octanol–water partition coefficient (Wildman–Crippen LogP) is 4.20. The minimum Gasteiger partial charge on any atom is -0.496 e. The van der Waals surface area contributed by atoms with Gasteiger partial charge in [0.05, 0.1) is 19.1 Å². The van der Waals surface area contributed by atoms with E-state index in [0.717, 1.165) is 45.9 Å². The van der Waals surface area contributed by atoms with Gasteiger partial charge in [0.25, 0.3) is 5.56 Å². The predicted molar refractivity (Wildman–Crippen MR) is 128 cm³/mol. The van der Waals surface area contributed by atoms with E-state index >= 15 is 0 Å². The fourth-order valence-corrected chi connectivity index (χ4v) is 4.35. The maximum atomic E-state index is 12.5. The molecule has 0 fully saturated rings. The van der Waals surface area contributed by atoms with E-state index in [1.165, 1.54) is 0 Å². The van der Waals surface area contributed by atoms with E-state index in [1.54, 1.807) is 55.9 Å². The number of aromatic amines is 1. The van der Waals surface area contributed by atoms with Gasteiger partial charge >= 0.3 is 0 Å². The second kappa shape index (κ2) is 8.47. The highest BCUT2D eigenvalue weighted by Gasteiger charge is 2.16. The Labute approximate surface area is 186 Å². The van der Waals surface area contributed by atoms with Gasteiger partial charge in [0.15, 0.2) is 0 Å². The smallest absolute Gasteiger partial charge is 0.255 e. The average Bonchev–Trinajstić information content (AvgIpc) is 2.77. The Balaban J connectivity index is 1.90. The Morgan fingerprint density at radius 3 is 2.44 bits per heavy atom. The number of methoxy groups -OCH3 is 1. The lowest BCUT2D eigenvalue weighted by Crippen LogP contribution is -2.09. The summed E-state index contributed by atoms with van der Waals surface area (Å²) in [6.45, 7) is 2.04. The fourth-order valence-electron chi connectivity index (χ4n) is 3.79. The molecule has 0 amide bonds. The van der Waals surface area contributed by atoms with Crippen LogP contribution in [0.2, 0.25) is 0 Å². The number of aromatic nitrogens is 2. The average molecular weight is 450 g/mol. The molecule has 4 rings (SSSR count). The van der Waals surface area contributed by atoms with Crippen molar-refractivity contribution in [3.8, 4) is 28.1 Å². The molecule has 164 valence electrons. The standard InChI is InChI=1S/C24H23N3O4S/c1-4-15-12-19(18-6-5-11-25-24(18)28)21-14-26-22(13-20(21)23(15)31-2)16-7-9-17(10-8-16)27-32(3,29)30/h5-14,27H,4H2,1-3H3,(H,25,28). The van der Waals surface area contributed by atoms with Crippen LogP contribution in [0.5, 0.6) is 5.75 Å². The number of rotatable bonds is 6. The monoisotopic (exact) mass is 449 g/mol. The molecule has 0 radical (unpaired) electrons. The van der Waals surface area contributed by atoms with Crippen LogP contribution in [0.1, 0.15) is 12.5 Å². The topological polar surface area (TPSA) is 101 Å². The van der Waals surface area contributed by atoms with Gasteiger partial charge in [-0.1, -0.05) is 19.1 Å². The van der Waals surface area contributed by atoms with Crippen molar-refractivity contribution in [2.45, 2.75) is 13.3 Å². The van der Waals surface area contributed by atoms with Crippen LogP contribution in [0, 0.1) is 0 Å². The van der Waals surface area contributed by atoms with Crippen LogP contribution in [-0.4, -0.2) is 31.8 Å². The van der Waals surface area contributed by atoms with Gasteiger partial charge in [-0.05, 0) is 53.9 Å². The summed E-state index contributed by atoms with van der Waals surface area (Å²) in [6.07, 6.45) is 5.20. The number of fused-ring (bicyclic) bond motifs is 1. The van der Waals surface area contributed by atoms with Crippen LogP contribution in [0.25, 0.3) is 33.2 Å². The molecule has 2 aromatic heterocycles. The van der Waals surface area contributed by atoms with E-state index in [1.807, 2.05) is 19.1 Å². The molecule has 0 aliphatic heterocycles. The number of nitrogens with one attached hydrogen (secondary N) is 2. The summed E-state index contributed by atoms with van der Waals surface area (Å²) in [7, 11) is -1.71. The molecule has 0 aliphatic rings. The maximum absolute atomic E-state index is 12.5. The Kier molecular flexibility index (Phi) is 5.71. The molecule has 0 spiro atoms. The number of nitrogens with zero attached hydrogens (tertiary/aromatic N) is 1. The van der Waals surface area contributed by atoms with Crippen LogP contribution < -0.4 is 15.0 Å². The van der Waals surface area contributed by atoms with Gasteiger partial charge in [-0.2, -0.15) is 0 Å². The number of aryl methyl sites for hydroxylation is 1. The largest absolute Gasteiger partial charge is 0.496 e. The van der Waals surface area contributed by atoms with Crippen molar-refractivity contribution >= 4 is 26.5 Å². The van der Waals surface area contributed by atoms with Crippen LogP contribution in [0.3, 0.4) is 0 Å². The summed E-state index contributed by atoms with van der Waals surface area (Å²) in [5, 5.41) is 1.67. The summed E-state index contributed by atoms with van der Waals surface area (Å²) >= 11 is 0. The van der Waals surface area contributed by atoms with Crippen molar-refractivity contribution in [1.29, 1.82) is 0 Å². The highest BCUT2D eigenvalue weighted by atomic mass is 32.2. The maximum Gasteiger partial charge on any atom is 0.255 e. The zero-order valence-corrected chi connectivity index (χ0v) is 18.8.